The molecule has 2 aromatic heterocycles. The van der Waals surface area contributed by atoms with Gasteiger partial charge in [0.15, 0.2) is 0 Å². The van der Waals surface area contributed by atoms with Crippen LogP contribution in [0.4, 0.5) is 4.79 Å². The second kappa shape index (κ2) is 18.4. The van der Waals surface area contributed by atoms with Crippen molar-refractivity contribution >= 4 is 56.4 Å². The number of carbonyl (C=O) groups is 4. The number of fused-ring (bicyclic) bond motifs is 1. The second-order valence-electron chi connectivity index (χ2n) is 16.4. The number of para-hydroxylation sites is 1. The standard InChI is InChI=1S/C41H60N8O8S2/c1-11-15-16-17-20-30(43-39(53)57-40(6,7)8)36(51)49-24-27(22-32(49)34(50)45-41(23-26(41)12-2)37(52)46-59(54,55)47(9)10)56-38-44-33-28(19-18-21-31(33)48(38)14-4)35-42-29(13-3)25(5)58-35/h12,18-19,21,26-27,30,32H,2,11,13-17,20,22-24H2,1,3-10H3,(H,43,53)(H,45,50)(H,46,52)/t26-,27-,30+,32+,41-/m1/s1. The highest BCUT2D eigenvalue weighted by molar-refractivity contribution is 7.87. The summed E-state index contributed by atoms with van der Waals surface area (Å²) in [6.45, 7) is 17.6. The van der Waals surface area contributed by atoms with Crippen LogP contribution in [0.5, 0.6) is 6.01 Å². The molecule has 1 aliphatic heterocycles. The largest absolute Gasteiger partial charge is 0.459 e. The Labute approximate surface area is 351 Å². The van der Waals surface area contributed by atoms with Crippen molar-refractivity contribution in [1.82, 2.24) is 39.1 Å². The van der Waals surface area contributed by atoms with Crippen LogP contribution >= 0.6 is 11.3 Å². The summed E-state index contributed by atoms with van der Waals surface area (Å²) in [5.41, 5.74) is 1.01. The molecule has 18 heteroatoms. The topological polar surface area (TPSA) is 194 Å². The van der Waals surface area contributed by atoms with Gasteiger partial charge in [0.2, 0.25) is 11.8 Å². The van der Waals surface area contributed by atoms with Crippen molar-refractivity contribution in [3.05, 3.63) is 41.4 Å². The molecule has 3 heterocycles. The Morgan fingerprint density at radius 2 is 1.85 bits per heavy atom. The number of nitrogens with one attached hydrogen (secondary N) is 3. The quantitative estimate of drug-likeness (QED) is 0.112. The van der Waals surface area contributed by atoms with Gasteiger partial charge in [-0.05, 0) is 66.0 Å². The molecule has 1 aliphatic carbocycles. The third-order valence-electron chi connectivity index (χ3n) is 10.7. The number of aromatic nitrogens is 3. The van der Waals surface area contributed by atoms with Gasteiger partial charge in [-0.2, -0.15) is 17.7 Å². The number of hydrogen-bond acceptors (Lipinski definition) is 11. The molecular formula is C41H60N8O8S2. The predicted octanol–water partition coefficient (Wildman–Crippen LogP) is 5.25. The van der Waals surface area contributed by atoms with E-state index in [1.807, 2.05) is 29.7 Å². The van der Waals surface area contributed by atoms with Crippen LogP contribution in [0.15, 0.2) is 30.9 Å². The Morgan fingerprint density at radius 1 is 1.12 bits per heavy atom. The van der Waals surface area contributed by atoms with Gasteiger partial charge in [-0.15, -0.1) is 17.9 Å². The lowest BCUT2D eigenvalue weighted by Gasteiger charge is -2.30. The highest BCUT2D eigenvalue weighted by Gasteiger charge is 2.61. The number of nitrogens with zero attached hydrogens (tertiary/aromatic N) is 5. The van der Waals surface area contributed by atoms with Crippen molar-refractivity contribution in [2.45, 2.75) is 136 Å². The first-order valence-corrected chi connectivity index (χ1v) is 22.7. The number of thiazole rings is 1. The third-order valence-corrected chi connectivity index (χ3v) is 13.2. The number of benzene rings is 1. The Morgan fingerprint density at radius 3 is 2.44 bits per heavy atom. The highest BCUT2D eigenvalue weighted by Crippen LogP contribution is 2.45. The number of amides is 4. The van der Waals surface area contributed by atoms with Crippen LogP contribution in [0.2, 0.25) is 0 Å². The Balaban J connectivity index is 1.49. The number of alkyl carbamates (subject to hydrolysis) is 1. The molecule has 4 amide bonds. The fraction of sp³-hybridized carbons (Fsp3) is 0.610. The lowest BCUT2D eigenvalue weighted by atomic mass is 10.1. The number of rotatable bonds is 18. The number of carbonyl (C=O) groups excluding carboxylic acids is 4. The maximum atomic E-state index is 14.7. The van der Waals surface area contributed by atoms with Gasteiger partial charge in [0.1, 0.15) is 39.9 Å². The van der Waals surface area contributed by atoms with Crippen LogP contribution in [-0.2, 0) is 42.3 Å². The van der Waals surface area contributed by atoms with Gasteiger partial charge in [-0.1, -0.05) is 51.7 Å². The molecule has 2 fully saturated rings. The molecule has 2 aliphatic rings. The van der Waals surface area contributed by atoms with E-state index in [0.717, 1.165) is 56.6 Å². The molecule has 0 bridgehead atoms. The first-order chi connectivity index (χ1) is 27.8. The fourth-order valence-electron chi connectivity index (χ4n) is 7.41. The SMILES string of the molecule is C=C[C@@H]1C[C@]1(NC(=O)[C@@H]1C[C@@H](Oc2nc3c(-c4nc(CC)c(C)s4)cccc3n2CC)CN1C(=O)[C@H](CCCCCC)NC(=O)OC(C)(C)C)C(=O)NS(=O)(=O)N(C)C. The number of unbranched alkanes of at least 4 members (excludes halogenated alkanes) is 3. The molecule has 0 radical (unpaired) electrons. The van der Waals surface area contributed by atoms with E-state index in [2.05, 4.69) is 42.7 Å². The Kier molecular flexibility index (Phi) is 14.2. The first-order valence-electron chi connectivity index (χ1n) is 20.4. The van der Waals surface area contributed by atoms with Crippen molar-refractivity contribution < 1.29 is 37.1 Å². The average molecular weight is 857 g/mol. The molecule has 1 saturated carbocycles. The molecule has 5 rings (SSSR count). The van der Waals surface area contributed by atoms with E-state index in [1.165, 1.54) is 25.1 Å². The summed E-state index contributed by atoms with van der Waals surface area (Å²) in [7, 11) is -1.63. The van der Waals surface area contributed by atoms with Gasteiger partial charge < -0.3 is 25.0 Å². The maximum Gasteiger partial charge on any atom is 0.408 e. The molecule has 3 aromatic rings. The van der Waals surface area contributed by atoms with Gasteiger partial charge in [0.25, 0.3) is 11.9 Å². The van der Waals surface area contributed by atoms with Gasteiger partial charge in [0.05, 0.1) is 17.8 Å². The average Bonchev–Trinajstić information content (AvgIpc) is 3.39. The van der Waals surface area contributed by atoms with Gasteiger partial charge >= 0.3 is 16.3 Å². The minimum Gasteiger partial charge on any atom is -0.459 e. The summed E-state index contributed by atoms with van der Waals surface area (Å²) in [6, 6.07) is 4.01. The molecule has 3 N–H and O–H groups in total. The molecular weight excluding hydrogens is 797 g/mol. The summed E-state index contributed by atoms with van der Waals surface area (Å²) in [4.78, 5) is 68.1. The molecule has 16 nitrogen and oxygen atoms in total. The summed E-state index contributed by atoms with van der Waals surface area (Å²) in [5.74, 6) is -2.66. The lowest BCUT2D eigenvalue weighted by molar-refractivity contribution is -0.141. The molecule has 0 spiro atoms. The zero-order valence-corrected chi connectivity index (χ0v) is 37.3. The number of likely N-dealkylation sites (tertiary alicyclic amines) is 1. The lowest BCUT2D eigenvalue weighted by Crippen LogP contribution is -2.58. The van der Waals surface area contributed by atoms with E-state index in [-0.39, 0.29) is 19.4 Å². The van der Waals surface area contributed by atoms with E-state index < -0.39 is 69.3 Å². The smallest absolute Gasteiger partial charge is 0.408 e. The van der Waals surface area contributed by atoms with Crippen molar-refractivity contribution in [3.63, 3.8) is 0 Å². The molecule has 5 atom stereocenters. The Bertz CT molecular complexity index is 2160. The summed E-state index contributed by atoms with van der Waals surface area (Å²) in [5, 5.41) is 6.40. The van der Waals surface area contributed by atoms with Crippen molar-refractivity contribution in [1.29, 1.82) is 0 Å². The fourth-order valence-corrected chi connectivity index (χ4v) is 9.04. The number of ether oxygens (including phenoxy) is 2. The van der Waals surface area contributed by atoms with Crippen LogP contribution in [0.1, 0.15) is 97.1 Å². The van der Waals surface area contributed by atoms with Crippen LogP contribution in [-0.4, -0.2) is 106 Å². The first kappa shape index (κ1) is 45.5. The summed E-state index contributed by atoms with van der Waals surface area (Å²) >= 11 is 1.61. The molecule has 0 unspecified atom stereocenters. The Hall–Kier alpha value is -4.55. The number of aryl methyl sites for hydroxylation is 3. The van der Waals surface area contributed by atoms with E-state index >= 15 is 0 Å². The third kappa shape index (κ3) is 10.3. The van der Waals surface area contributed by atoms with E-state index in [9.17, 15) is 27.6 Å². The van der Waals surface area contributed by atoms with Gasteiger partial charge in [-0.25, -0.2) is 14.5 Å². The number of hydrogen-bond donors (Lipinski definition) is 3. The monoisotopic (exact) mass is 856 g/mol. The highest BCUT2D eigenvalue weighted by atomic mass is 32.2. The number of imidazole rings is 1. The van der Waals surface area contributed by atoms with Gasteiger partial charge in [0, 0.05) is 43.4 Å². The molecule has 1 saturated heterocycles. The van der Waals surface area contributed by atoms with Crippen molar-refractivity contribution in [3.8, 4) is 16.6 Å². The molecule has 1 aromatic carbocycles. The van der Waals surface area contributed by atoms with Crippen LogP contribution in [0.3, 0.4) is 0 Å². The van der Waals surface area contributed by atoms with E-state index in [4.69, 9.17) is 19.4 Å². The minimum atomic E-state index is -4.19. The van der Waals surface area contributed by atoms with Gasteiger partial charge in [-0.3, -0.25) is 19.0 Å². The van der Waals surface area contributed by atoms with Crippen LogP contribution < -0.4 is 20.1 Å². The normalized spacial score (nSPS) is 21.0. The second-order valence-corrected chi connectivity index (χ2v) is 19.5. The van der Waals surface area contributed by atoms with Crippen LogP contribution in [0, 0.1) is 12.8 Å². The zero-order valence-electron chi connectivity index (χ0n) is 35.7. The maximum absolute atomic E-state index is 14.7. The molecule has 59 heavy (non-hydrogen) atoms. The van der Waals surface area contributed by atoms with Crippen LogP contribution in [0.25, 0.3) is 21.6 Å². The minimum absolute atomic E-state index is 0.0182. The predicted molar refractivity (Wildman–Crippen MR) is 227 cm³/mol. The van der Waals surface area contributed by atoms with E-state index in [0.29, 0.717) is 30.9 Å². The summed E-state index contributed by atoms with van der Waals surface area (Å²) < 4.78 is 42.3. The van der Waals surface area contributed by atoms with Crippen molar-refractivity contribution in [2.75, 3.05) is 20.6 Å². The van der Waals surface area contributed by atoms with Crippen molar-refractivity contribution in [2.24, 2.45) is 5.92 Å². The molecule has 324 valence electrons. The van der Waals surface area contributed by atoms with E-state index in [1.54, 1.807) is 32.1 Å². The zero-order chi connectivity index (χ0) is 43.4. The summed E-state index contributed by atoms with van der Waals surface area (Å²) in [6.07, 6.45) is 4.60.